The quantitative estimate of drug-likeness (QED) is 0.107. The van der Waals surface area contributed by atoms with Crippen molar-refractivity contribution in [2.75, 3.05) is 0 Å². The highest BCUT2D eigenvalue weighted by molar-refractivity contribution is 5.88. The van der Waals surface area contributed by atoms with E-state index >= 15 is 0 Å². The van der Waals surface area contributed by atoms with Crippen LogP contribution in [0.2, 0.25) is 0 Å². The summed E-state index contributed by atoms with van der Waals surface area (Å²) in [6, 6.07) is 20.5. The van der Waals surface area contributed by atoms with Crippen LogP contribution in [0.1, 0.15) is 18.1 Å². The van der Waals surface area contributed by atoms with Crippen LogP contribution in [0.4, 0.5) is 0 Å². The van der Waals surface area contributed by atoms with Crippen molar-refractivity contribution in [1.82, 2.24) is 0 Å². The monoisotopic (exact) mass is 668 g/mol. The van der Waals surface area contributed by atoms with E-state index in [1.54, 1.807) is 43.3 Å². The molecule has 2 heterocycles. The standard InChI is InChI=1S/C37H32O12/c1-20-33(45-16-14-21-2-8-24(38)9-3-21)32(44)36(46-17-15-22-4-10-25(39)11-5-22)37(47-20)49-35-31(43)30-28(42)18-27(41)19-29(30)48-34(35)23-6-12-26(40)13-7-23/h2-20,32-33,36-42,44H,1H3/t20-,32-,33+,36-,37+/m1/s1. The van der Waals surface area contributed by atoms with Gasteiger partial charge in [0.25, 0.3) is 0 Å². The average Bonchev–Trinajstić information content (AvgIpc) is 3.07. The molecule has 1 saturated heterocycles. The lowest BCUT2D eigenvalue weighted by atomic mass is 9.99. The third-order valence-electron chi connectivity index (χ3n) is 7.81. The molecule has 0 amide bonds. The molecule has 1 aliphatic heterocycles. The van der Waals surface area contributed by atoms with Crippen molar-refractivity contribution in [2.24, 2.45) is 0 Å². The molecular formula is C37H32O12. The molecule has 0 radical (unpaired) electrons. The molecule has 252 valence electrons. The first-order valence-electron chi connectivity index (χ1n) is 15.1. The smallest absolute Gasteiger partial charge is 0.240 e. The zero-order valence-corrected chi connectivity index (χ0v) is 25.9. The van der Waals surface area contributed by atoms with Crippen LogP contribution in [0.25, 0.3) is 34.4 Å². The van der Waals surface area contributed by atoms with Crippen LogP contribution < -0.4 is 10.2 Å². The number of aromatic hydroxyl groups is 5. The van der Waals surface area contributed by atoms with Crippen LogP contribution in [0, 0.1) is 0 Å². The van der Waals surface area contributed by atoms with E-state index in [1.165, 1.54) is 67.1 Å². The summed E-state index contributed by atoms with van der Waals surface area (Å²) < 4.78 is 30.2. The first kappa shape index (κ1) is 32.8. The molecular weight excluding hydrogens is 636 g/mol. The van der Waals surface area contributed by atoms with Gasteiger partial charge in [0.1, 0.15) is 45.8 Å². The summed E-state index contributed by atoms with van der Waals surface area (Å²) in [5.41, 5.74) is 0.770. The second kappa shape index (κ2) is 13.9. The van der Waals surface area contributed by atoms with Crippen molar-refractivity contribution in [1.29, 1.82) is 0 Å². The number of benzene rings is 4. The third-order valence-corrected chi connectivity index (χ3v) is 7.81. The zero-order valence-electron chi connectivity index (χ0n) is 25.9. The van der Waals surface area contributed by atoms with E-state index in [4.69, 9.17) is 23.4 Å². The highest BCUT2D eigenvalue weighted by Crippen LogP contribution is 2.38. The van der Waals surface area contributed by atoms with E-state index in [0.29, 0.717) is 11.1 Å². The fourth-order valence-electron chi connectivity index (χ4n) is 5.30. The van der Waals surface area contributed by atoms with Crippen molar-refractivity contribution in [2.45, 2.75) is 37.6 Å². The summed E-state index contributed by atoms with van der Waals surface area (Å²) in [6.45, 7) is 1.64. The molecule has 0 spiro atoms. The minimum absolute atomic E-state index is 0.0448. The molecule has 5 atom stereocenters. The van der Waals surface area contributed by atoms with Gasteiger partial charge in [0.15, 0.2) is 18.0 Å². The predicted octanol–water partition coefficient (Wildman–Crippen LogP) is 5.58. The molecule has 0 aliphatic carbocycles. The Balaban J connectivity index is 1.36. The van der Waals surface area contributed by atoms with Gasteiger partial charge in [0.2, 0.25) is 17.5 Å². The molecule has 49 heavy (non-hydrogen) atoms. The largest absolute Gasteiger partial charge is 0.508 e. The Labute approximate surface area is 279 Å². The first-order valence-corrected chi connectivity index (χ1v) is 15.1. The number of fused-ring (bicyclic) bond motifs is 1. The van der Waals surface area contributed by atoms with Crippen molar-refractivity contribution in [3.05, 3.63) is 119 Å². The van der Waals surface area contributed by atoms with Crippen LogP contribution >= 0.6 is 0 Å². The minimum atomic E-state index is -1.44. The van der Waals surface area contributed by atoms with Crippen molar-refractivity contribution in [3.8, 4) is 45.8 Å². The Morgan fingerprint density at radius 1 is 0.694 bits per heavy atom. The Hall–Kier alpha value is -6.11. The maximum Gasteiger partial charge on any atom is 0.240 e. The van der Waals surface area contributed by atoms with Crippen LogP contribution in [-0.4, -0.2) is 61.3 Å². The Bertz CT molecular complexity index is 2030. The summed E-state index contributed by atoms with van der Waals surface area (Å²) in [7, 11) is 0. The van der Waals surface area contributed by atoms with Gasteiger partial charge in [-0.25, -0.2) is 0 Å². The number of phenolic OH excluding ortho intramolecular Hbond substituents is 5. The highest BCUT2D eigenvalue weighted by atomic mass is 16.7. The number of aliphatic hydroxyl groups is 1. The van der Waals surface area contributed by atoms with E-state index in [9.17, 15) is 35.4 Å². The Kier molecular flexibility index (Phi) is 9.33. The Morgan fingerprint density at radius 2 is 1.22 bits per heavy atom. The maximum absolute atomic E-state index is 13.9. The van der Waals surface area contributed by atoms with Crippen molar-refractivity contribution in [3.63, 3.8) is 0 Å². The fourth-order valence-corrected chi connectivity index (χ4v) is 5.30. The summed E-state index contributed by atoms with van der Waals surface area (Å²) in [6.07, 6.45) is -0.0232. The lowest BCUT2D eigenvalue weighted by molar-refractivity contribution is -0.269. The molecule has 0 bridgehead atoms. The molecule has 1 aromatic heterocycles. The van der Waals surface area contributed by atoms with Gasteiger partial charge in [-0.1, -0.05) is 24.3 Å². The third kappa shape index (κ3) is 7.25. The van der Waals surface area contributed by atoms with Gasteiger partial charge < -0.3 is 54.0 Å². The normalized spacial score (nSPS) is 20.9. The van der Waals surface area contributed by atoms with E-state index in [0.717, 1.165) is 11.6 Å². The molecule has 6 rings (SSSR count). The molecule has 4 aromatic carbocycles. The lowest BCUT2D eigenvalue weighted by Gasteiger charge is -2.42. The van der Waals surface area contributed by atoms with Crippen LogP contribution in [0.5, 0.6) is 34.5 Å². The molecule has 12 heteroatoms. The topological polar surface area (TPSA) is 189 Å². The number of phenols is 5. The van der Waals surface area contributed by atoms with Gasteiger partial charge in [-0.2, -0.15) is 0 Å². The van der Waals surface area contributed by atoms with Crippen LogP contribution in [-0.2, 0) is 14.2 Å². The second-order valence-corrected chi connectivity index (χ2v) is 11.3. The van der Waals surface area contributed by atoms with Crippen LogP contribution in [0.15, 0.2) is 107 Å². The summed E-state index contributed by atoms with van der Waals surface area (Å²) in [5, 5.41) is 61.0. The van der Waals surface area contributed by atoms with Crippen LogP contribution in [0.3, 0.4) is 0 Å². The molecule has 1 fully saturated rings. The molecule has 6 N–H and O–H groups in total. The van der Waals surface area contributed by atoms with Crippen molar-refractivity contribution < 1.29 is 54.0 Å². The SMILES string of the molecule is C[C@H]1O[C@@H](Oc2c(-c3ccc(O)cc3)oc3cc(O)cc(O)c3c2=O)[C@H](OC=Cc2ccc(O)cc2)[C@H](O)[C@H]1OC=Cc1ccc(O)cc1. The van der Waals surface area contributed by atoms with E-state index in [-0.39, 0.29) is 39.7 Å². The molecule has 5 aromatic rings. The van der Waals surface area contributed by atoms with Gasteiger partial charge in [-0.15, -0.1) is 0 Å². The zero-order chi connectivity index (χ0) is 34.7. The van der Waals surface area contributed by atoms with Gasteiger partial charge in [0, 0.05) is 17.7 Å². The minimum Gasteiger partial charge on any atom is -0.508 e. The molecule has 0 unspecified atom stereocenters. The summed E-state index contributed by atoms with van der Waals surface area (Å²) in [5.74, 6) is -1.26. The number of aliphatic hydroxyl groups excluding tert-OH is 1. The van der Waals surface area contributed by atoms with Gasteiger partial charge in [0.05, 0.1) is 18.6 Å². The molecule has 12 nitrogen and oxygen atoms in total. The Morgan fingerprint density at radius 3 is 1.80 bits per heavy atom. The van der Waals surface area contributed by atoms with Gasteiger partial charge >= 0.3 is 0 Å². The number of rotatable bonds is 9. The van der Waals surface area contributed by atoms with Gasteiger partial charge in [-0.05, 0) is 78.7 Å². The number of hydrogen-bond acceptors (Lipinski definition) is 12. The predicted molar refractivity (Wildman–Crippen MR) is 178 cm³/mol. The second-order valence-electron chi connectivity index (χ2n) is 11.3. The molecule has 1 aliphatic rings. The summed E-state index contributed by atoms with van der Waals surface area (Å²) in [4.78, 5) is 13.9. The van der Waals surface area contributed by atoms with E-state index in [2.05, 4.69) is 0 Å². The van der Waals surface area contributed by atoms with Gasteiger partial charge in [-0.3, -0.25) is 4.79 Å². The van der Waals surface area contributed by atoms with Crippen molar-refractivity contribution >= 4 is 23.1 Å². The number of hydrogen-bond donors (Lipinski definition) is 6. The highest BCUT2D eigenvalue weighted by Gasteiger charge is 2.48. The summed E-state index contributed by atoms with van der Waals surface area (Å²) >= 11 is 0. The van der Waals surface area contributed by atoms with E-state index < -0.39 is 47.6 Å². The maximum atomic E-state index is 13.9. The fraction of sp³-hybridized carbons (Fsp3) is 0.162. The first-order chi connectivity index (χ1) is 23.6. The van der Waals surface area contributed by atoms with E-state index in [1.807, 2.05) is 0 Å². The molecule has 0 saturated carbocycles. The average molecular weight is 669 g/mol. The lowest BCUT2D eigenvalue weighted by Crippen LogP contribution is -2.59. The number of ether oxygens (including phenoxy) is 4.